The van der Waals surface area contributed by atoms with Crippen LogP contribution in [-0.4, -0.2) is 68.4 Å². The number of benzene rings is 2. The maximum atomic E-state index is 14.3. The first-order valence-electron chi connectivity index (χ1n) is 13.4. The quantitative estimate of drug-likeness (QED) is 0.331. The molecule has 4 heterocycles. The molecule has 2 fully saturated rings. The van der Waals surface area contributed by atoms with Crippen molar-refractivity contribution < 1.29 is 36.2 Å². The van der Waals surface area contributed by atoms with Crippen molar-refractivity contribution in [3.05, 3.63) is 71.9 Å². The summed E-state index contributed by atoms with van der Waals surface area (Å²) in [6.45, 7) is 1.99. The molecule has 0 aliphatic carbocycles. The fraction of sp³-hybridized carbons (Fsp3) is 0.276. The van der Waals surface area contributed by atoms with Gasteiger partial charge in [0.15, 0.2) is 5.79 Å². The number of ether oxygens (including phenoxy) is 3. The molecule has 2 saturated heterocycles. The highest BCUT2D eigenvalue weighted by Gasteiger charge is 2.41. The second-order valence-corrected chi connectivity index (χ2v) is 11.8. The summed E-state index contributed by atoms with van der Waals surface area (Å²) < 4.78 is 72.5. The Bertz CT molecular complexity index is 1840. The van der Waals surface area contributed by atoms with Gasteiger partial charge < -0.3 is 24.8 Å². The average molecular weight is 612 g/mol. The number of methoxy groups -OCH3 is 1. The molecular weight excluding hydrogens is 584 g/mol. The number of carbonyl (C=O) groups excluding carboxylic acids is 1. The van der Waals surface area contributed by atoms with E-state index < -0.39 is 32.3 Å². The van der Waals surface area contributed by atoms with Gasteiger partial charge in [0.1, 0.15) is 28.0 Å². The summed E-state index contributed by atoms with van der Waals surface area (Å²) in [4.78, 5) is 23.0. The number of aromatic nitrogens is 2. The standard InChI is InChI=1S/C29H27F2N5O6S/c1-40-27-24(35-43(38,39)25-5-3-20(30)15-22(25)31)14-19(16-33-27)17-2-4-23-18(12-17)13-21(26(32)34-23)28(37)36-8-6-29(7-9-36)41-10-11-42-29/h2-5,12-16,35H,6-11H2,1H3,(H2,32,34). The SMILES string of the molecule is COc1ncc(-c2ccc3nc(N)c(C(=O)N4CCC5(CC4)OCCO5)cc3c2)cc1NS(=O)(=O)c1ccc(F)cc1F. The zero-order valence-electron chi connectivity index (χ0n) is 23.0. The first kappa shape index (κ1) is 28.7. The Morgan fingerprint density at radius 2 is 1.79 bits per heavy atom. The first-order chi connectivity index (χ1) is 20.6. The summed E-state index contributed by atoms with van der Waals surface area (Å²) in [5.41, 5.74) is 8.05. The molecule has 224 valence electrons. The number of likely N-dealkylation sites (tertiary alicyclic amines) is 1. The Hall–Kier alpha value is -4.40. The fourth-order valence-corrected chi connectivity index (χ4v) is 6.40. The zero-order valence-corrected chi connectivity index (χ0v) is 23.8. The van der Waals surface area contributed by atoms with Crippen LogP contribution in [0.25, 0.3) is 22.0 Å². The van der Waals surface area contributed by atoms with Crippen molar-refractivity contribution >= 4 is 38.3 Å². The molecule has 14 heteroatoms. The highest BCUT2D eigenvalue weighted by atomic mass is 32.2. The van der Waals surface area contributed by atoms with E-state index in [4.69, 9.17) is 19.9 Å². The van der Waals surface area contributed by atoms with E-state index in [2.05, 4.69) is 14.7 Å². The molecule has 2 aliphatic rings. The van der Waals surface area contributed by atoms with Gasteiger partial charge in [0, 0.05) is 49.1 Å². The molecule has 1 spiro atoms. The lowest BCUT2D eigenvalue weighted by molar-refractivity contribution is -0.181. The van der Waals surface area contributed by atoms with Gasteiger partial charge in [0.25, 0.3) is 15.9 Å². The second kappa shape index (κ2) is 11.0. The third-order valence-corrected chi connectivity index (χ3v) is 8.90. The summed E-state index contributed by atoms with van der Waals surface area (Å²) in [6, 6.07) is 10.5. The molecule has 0 bridgehead atoms. The number of nitrogens with one attached hydrogen (secondary N) is 1. The highest BCUT2D eigenvalue weighted by molar-refractivity contribution is 7.92. The Morgan fingerprint density at radius 3 is 2.49 bits per heavy atom. The average Bonchev–Trinajstić information content (AvgIpc) is 3.44. The summed E-state index contributed by atoms with van der Waals surface area (Å²) in [7, 11) is -3.15. The molecule has 3 N–H and O–H groups in total. The number of anilines is 2. The molecule has 2 aromatic heterocycles. The maximum absolute atomic E-state index is 14.3. The molecule has 4 aromatic rings. The van der Waals surface area contributed by atoms with Crippen molar-refractivity contribution in [2.45, 2.75) is 23.5 Å². The van der Waals surface area contributed by atoms with Gasteiger partial charge in [-0.1, -0.05) is 6.07 Å². The third-order valence-electron chi connectivity index (χ3n) is 7.51. The molecule has 43 heavy (non-hydrogen) atoms. The fourth-order valence-electron chi connectivity index (χ4n) is 5.29. The van der Waals surface area contributed by atoms with Crippen molar-refractivity contribution in [3.8, 4) is 17.0 Å². The van der Waals surface area contributed by atoms with Crippen LogP contribution < -0.4 is 15.2 Å². The number of nitrogen functional groups attached to an aromatic ring is 1. The number of carbonyl (C=O) groups is 1. The van der Waals surface area contributed by atoms with Gasteiger partial charge >= 0.3 is 0 Å². The van der Waals surface area contributed by atoms with Crippen LogP contribution in [-0.2, 0) is 19.5 Å². The predicted octanol–water partition coefficient (Wildman–Crippen LogP) is 3.95. The van der Waals surface area contributed by atoms with E-state index in [0.29, 0.717) is 67.2 Å². The van der Waals surface area contributed by atoms with Crippen LogP contribution >= 0.6 is 0 Å². The van der Waals surface area contributed by atoms with Gasteiger partial charge in [-0.25, -0.2) is 27.2 Å². The number of nitrogens with two attached hydrogens (primary N) is 1. The van der Waals surface area contributed by atoms with Crippen LogP contribution in [0.3, 0.4) is 0 Å². The van der Waals surface area contributed by atoms with E-state index in [1.165, 1.54) is 19.4 Å². The number of piperidine rings is 1. The molecule has 0 atom stereocenters. The summed E-state index contributed by atoms with van der Waals surface area (Å²) in [5.74, 6) is -2.98. The zero-order chi connectivity index (χ0) is 30.4. The number of hydrogen-bond acceptors (Lipinski definition) is 9. The van der Waals surface area contributed by atoms with Crippen LogP contribution in [0.4, 0.5) is 20.3 Å². The summed E-state index contributed by atoms with van der Waals surface area (Å²) in [6.07, 6.45) is 2.60. The number of rotatable bonds is 6. The molecule has 0 saturated carbocycles. The van der Waals surface area contributed by atoms with E-state index in [1.54, 1.807) is 29.2 Å². The summed E-state index contributed by atoms with van der Waals surface area (Å²) >= 11 is 0. The highest BCUT2D eigenvalue weighted by Crippen LogP contribution is 2.34. The van der Waals surface area contributed by atoms with Gasteiger partial charge in [-0.2, -0.15) is 0 Å². The van der Waals surface area contributed by atoms with E-state index in [9.17, 15) is 22.0 Å². The number of pyridine rings is 2. The predicted molar refractivity (Wildman–Crippen MR) is 153 cm³/mol. The Balaban J connectivity index is 1.29. The van der Waals surface area contributed by atoms with Crippen LogP contribution in [0, 0.1) is 11.6 Å². The number of nitrogens with zero attached hydrogens (tertiary/aromatic N) is 3. The van der Waals surface area contributed by atoms with Gasteiger partial charge in [0.2, 0.25) is 5.88 Å². The Kier molecular flexibility index (Phi) is 7.36. The van der Waals surface area contributed by atoms with E-state index in [0.717, 1.165) is 12.1 Å². The Morgan fingerprint density at radius 1 is 1.05 bits per heavy atom. The molecule has 2 aliphatic heterocycles. The number of halogens is 2. The molecule has 2 aromatic carbocycles. The van der Waals surface area contributed by atoms with Crippen LogP contribution in [0.2, 0.25) is 0 Å². The molecular formula is C29H27F2N5O6S. The smallest absolute Gasteiger partial charge is 0.264 e. The first-order valence-corrected chi connectivity index (χ1v) is 14.9. The summed E-state index contributed by atoms with van der Waals surface area (Å²) in [5, 5.41) is 0.623. The topological polar surface area (TPSA) is 146 Å². The largest absolute Gasteiger partial charge is 0.480 e. The van der Waals surface area contributed by atoms with Crippen LogP contribution in [0.15, 0.2) is 59.6 Å². The molecule has 1 amide bonds. The van der Waals surface area contributed by atoms with Crippen molar-refractivity contribution in [1.82, 2.24) is 14.9 Å². The van der Waals surface area contributed by atoms with Crippen LogP contribution in [0.1, 0.15) is 23.2 Å². The lowest BCUT2D eigenvalue weighted by atomic mass is 10.0. The Labute approximate surface area is 245 Å². The second-order valence-electron chi connectivity index (χ2n) is 10.2. The van der Waals surface area contributed by atoms with Gasteiger partial charge in [-0.15, -0.1) is 0 Å². The number of fused-ring (bicyclic) bond motifs is 1. The number of hydrogen-bond donors (Lipinski definition) is 2. The van der Waals surface area contributed by atoms with Crippen molar-refractivity contribution in [2.75, 3.05) is 43.9 Å². The number of amides is 1. The maximum Gasteiger partial charge on any atom is 0.264 e. The molecule has 11 nitrogen and oxygen atoms in total. The lowest BCUT2D eigenvalue weighted by Gasteiger charge is -2.37. The van der Waals surface area contributed by atoms with Crippen molar-refractivity contribution in [1.29, 1.82) is 0 Å². The lowest BCUT2D eigenvalue weighted by Crippen LogP contribution is -2.47. The van der Waals surface area contributed by atoms with E-state index in [-0.39, 0.29) is 28.9 Å². The monoisotopic (exact) mass is 611 g/mol. The third kappa shape index (κ3) is 5.56. The van der Waals surface area contributed by atoms with E-state index in [1.807, 2.05) is 0 Å². The van der Waals surface area contributed by atoms with E-state index >= 15 is 0 Å². The van der Waals surface area contributed by atoms with Crippen molar-refractivity contribution in [2.24, 2.45) is 0 Å². The minimum Gasteiger partial charge on any atom is -0.480 e. The van der Waals surface area contributed by atoms with Crippen LogP contribution in [0.5, 0.6) is 5.88 Å². The minimum atomic E-state index is -4.46. The normalized spacial score (nSPS) is 16.5. The van der Waals surface area contributed by atoms with Gasteiger partial charge in [0.05, 0.1) is 31.4 Å². The number of sulfonamides is 1. The van der Waals surface area contributed by atoms with Crippen molar-refractivity contribution in [3.63, 3.8) is 0 Å². The van der Waals surface area contributed by atoms with Gasteiger partial charge in [-0.3, -0.25) is 9.52 Å². The molecule has 6 rings (SSSR count). The minimum absolute atomic E-state index is 0.0605. The molecule has 0 unspecified atom stereocenters. The molecule has 0 radical (unpaired) electrons. The van der Waals surface area contributed by atoms with Gasteiger partial charge in [-0.05, 0) is 42.0 Å².